The number of nitrogens with two attached hydrogens (primary N) is 1. The summed E-state index contributed by atoms with van der Waals surface area (Å²) in [4.78, 5) is 19.7. The Morgan fingerprint density at radius 1 is 1.38 bits per heavy atom. The van der Waals surface area contributed by atoms with Crippen molar-refractivity contribution < 1.29 is 9.90 Å². The van der Waals surface area contributed by atoms with Crippen LogP contribution in [0.1, 0.15) is 46.4 Å². The Bertz CT molecular complexity index is 817. The number of halogens is 1. The van der Waals surface area contributed by atoms with Crippen LogP contribution >= 0.6 is 22.9 Å². The summed E-state index contributed by atoms with van der Waals surface area (Å²) in [5.41, 5.74) is 7.59. The van der Waals surface area contributed by atoms with Gasteiger partial charge in [-0.2, -0.15) is 0 Å². The summed E-state index contributed by atoms with van der Waals surface area (Å²) in [6.07, 6.45) is 3.64. The molecule has 1 aromatic heterocycles. The second kappa shape index (κ2) is 6.83. The average Bonchev–Trinajstić information content (AvgIpc) is 2.98. The third-order valence-corrected chi connectivity index (χ3v) is 7.16. The van der Waals surface area contributed by atoms with Gasteiger partial charge in [0.1, 0.15) is 0 Å². The summed E-state index contributed by atoms with van der Waals surface area (Å²) < 4.78 is 0. The molecule has 3 N–H and O–H groups in total. The van der Waals surface area contributed by atoms with Gasteiger partial charge >= 0.3 is 6.09 Å². The largest absolute Gasteiger partial charge is 0.465 e. The molecule has 1 aliphatic heterocycles. The van der Waals surface area contributed by atoms with Gasteiger partial charge in [0, 0.05) is 34.7 Å². The summed E-state index contributed by atoms with van der Waals surface area (Å²) >= 11 is 7.77. The minimum atomic E-state index is -0.866. The highest BCUT2D eigenvalue weighted by Gasteiger charge is 2.52. The lowest BCUT2D eigenvalue weighted by atomic mass is 9.58. The number of carboxylic acid groups (broad SMARTS) is 1. The van der Waals surface area contributed by atoms with E-state index in [-0.39, 0.29) is 11.5 Å². The maximum Gasteiger partial charge on any atom is 0.407 e. The number of rotatable bonds is 4. The Balaban J connectivity index is 1.82. The van der Waals surface area contributed by atoms with Crippen LogP contribution in [0.2, 0.25) is 5.02 Å². The smallest absolute Gasteiger partial charge is 0.407 e. The third kappa shape index (κ3) is 2.80. The van der Waals surface area contributed by atoms with Crippen LogP contribution in [-0.2, 0) is 18.3 Å². The zero-order valence-electron chi connectivity index (χ0n) is 14.4. The predicted molar refractivity (Wildman–Crippen MR) is 103 cm³/mol. The summed E-state index contributed by atoms with van der Waals surface area (Å²) in [7, 11) is 0. The van der Waals surface area contributed by atoms with Crippen molar-refractivity contribution in [2.45, 2.75) is 43.6 Å². The number of carbonyl (C=O) groups is 1. The van der Waals surface area contributed by atoms with E-state index in [2.05, 4.69) is 0 Å². The normalized spacial score (nSPS) is 21.2. The number of fused-ring (bicyclic) bond motifs is 1. The van der Waals surface area contributed by atoms with Crippen LogP contribution in [0, 0.1) is 0 Å². The fourth-order valence-electron chi connectivity index (χ4n) is 4.36. The molecule has 2 aliphatic rings. The molecular formula is C19H22ClN3O2S. The van der Waals surface area contributed by atoms with Crippen LogP contribution in [0.25, 0.3) is 0 Å². The van der Waals surface area contributed by atoms with E-state index in [4.69, 9.17) is 22.3 Å². The first-order chi connectivity index (χ1) is 12.5. The minimum Gasteiger partial charge on any atom is -0.465 e. The molecule has 0 bridgehead atoms. The molecule has 0 saturated heterocycles. The van der Waals surface area contributed by atoms with Gasteiger partial charge in [-0.15, -0.1) is 11.3 Å². The van der Waals surface area contributed by atoms with Gasteiger partial charge in [0.15, 0.2) is 0 Å². The zero-order chi connectivity index (χ0) is 18.3. The van der Waals surface area contributed by atoms with Crippen LogP contribution in [0.4, 0.5) is 4.79 Å². The minimum absolute atomic E-state index is 0.216. The van der Waals surface area contributed by atoms with Crippen molar-refractivity contribution in [3.05, 3.63) is 50.4 Å². The summed E-state index contributed by atoms with van der Waals surface area (Å²) in [5.74, 6) is 0. The lowest BCUT2D eigenvalue weighted by molar-refractivity contribution is 0.0497. The molecule has 4 rings (SSSR count). The topological polar surface area (TPSA) is 79.5 Å². The maximum absolute atomic E-state index is 12.0. The Hall–Kier alpha value is -1.63. The molecule has 1 amide bonds. The molecule has 1 aromatic carbocycles. The van der Waals surface area contributed by atoms with Crippen molar-refractivity contribution in [2.24, 2.45) is 5.73 Å². The molecule has 1 aliphatic carbocycles. The molecule has 1 saturated carbocycles. The van der Waals surface area contributed by atoms with Crippen LogP contribution < -0.4 is 5.73 Å². The van der Waals surface area contributed by atoms with Crippen LogP contribution in [-0.4, -0.2) is 34.2 Å². The van der Waals surface area contributed by atoms with Gasteiger partial charge in [-0.3, -0.25) is 4.90 Å². The first-order valence-corrected chi connectivity index (χ1v) is 10.2. The van der Waals surface area contributed by atoms with Crippen molar-refractivity contribution in [1.29, 1.82) is 0 Å². The number of hydrogen-bond acceptors (Lipinski definition) is 4. The number of nitrogens with zero attached hydrogens (tertiary/aromatic N) is 2. The van der Waals surface area contributed by atoms with E-state index >= 15 is 0 Å². The van der Waals surface area contributed by atoms with E-state index in [1.807, 2.05) is 24.3 Å². The summed E-state index contributed by atoms with van der Waals surface area (Å²) in [5, 5.41) is 11.6. The molecule has 138 valence electrons. The van der Waals surface area contributed by atoms with Gasteiger partial charge in [-0.05, 0) is 37.1 Å². The van der Waals surface area contributed by atoms with Gasteiger partial charge in [0.25, 0.3) is 0 Å². The van der Waals surface area contributed by atoms with Gasteiger partial charge < -0.3 is 10.8 Å². The molecule has 1 unspecified atom stereocenters. The third-order valence-electron chi connectivity index (χ3n) is 5.71. The summed E-state index contributed by atoms with van der Waals surface area (Å²) in [6, 6.07) is 7.65. The number of benzene rings is 1. The Labute approximate surface area is 161 Å². The lowest BCUT2D eigenvalue weighted by Crippen LogP contribution is -2.52. The average molecular weight is 392 g/mol. The molecule has 7 heteroatoms. The van der Waals surface area contributed by atoms with Crippen molar-refractivity contribution in [3.63, 3.8) is 0 Å². The van der Waals surface area contributed by atoms with Gasteiger partial charge in [-0.25, -0.2) is 9.78 Å². The number of amides is 1. The van der Waals surface area contributed by atoms with Gasteiger partial charge in [0.05, 0.1) is 16.7 Å². The molecule has 2 aromatic rings. The molecular weight excluding hydrogens is 370 g/mol. The van der Waals surface area contributed by atoms with E-state index in [0.717, 1.165) is 48.4 Å². The van der Waals surface area contributed by atoms with Gasteiger partial charge in [0.2, 0.25) is 0 Å². The highest BCUT2D eigenvalue weighted by Crippen LogP contribution is 2.56. The van der Waals surface area contributed by atoms with E-state index in [1.165, 1.54) is 4.88 Å². The predicted octanol–water partition coefficient (Wildman–Crippen LogP) is 4.00. The molecule has 0 spiro atoms. The second-order valence-electron chi connectivity index (χ2n) is 7.10. The van der Waals surface area contributed by atoms with Crippen LogP contribution in [0.3, 0.4) is 0 Å². The van der Waals surface area contributed by atoms with Gasteiger partial charge in [-0.1, -0.05) is 30.2 Å². The lowest BCUT2D eigenvalue weighted by Gasteiger charge is -2.52. The van der Waals surface area contributed by atoms with E-state index in [0.29, 0.717) is 18.1 Å². The monoisotopic (exact) mass is 391 g/mol. The Morgan fingerprint density at radius 2 is 2.12 bits per heavy atom. The van der Waals surface area contributed by atoms with Crippen molar-refractivity contribution >= 4 is 29.0 Å². The van der Waals surface area contributed by atoms with E-state index in [1.54, 1.807) is 16.2 Å². The standard InChI is InChI=1S/C19H22ClN3O2S/c20-13-4-2-12(3-5-13)19(8-1-9-19)17-16-14(7-11-23(17)18(24)25)26-15(22-16)6-10-21/h2-5,17H,1,6-11,21H2,(H,24,25). The second-order valence-corrected chi connectivity index (χ2v) is 8.70. The highest BCUT2D eigenvalue weighted by atomic mass is 35.5. The van der Waals surface area contributed by atoms with Crippen molar-refractivity contribution in [1.82, 2.24) is 9.88 Å². The fraction of sp³-hybridized carbons (Fsp3) is 0.474. The Morgan fingerprint density at radius 3 is 2.69 bits per heavy atom. The SMILES string of the molecule is NCCc1nc2c(s1)CCN(C(=O)O)C2C1(c2ccc(Cl)cc2)CCC1. The van der Waals surface area contributed by atoms with E-state index in [9.17, 15) is 9.90 Å². The van der Waals surface area contributed by atoms with E-state index < -0.39 is 6.09 Å². The quantitative estimate of drug-likeness (QED) is 0.825. The number of aromatic nitrogens is 1. The fourth-order valence-corrected chi connectivity index (χ4v) is 5.59. The van der Waals surface area contributed by atoms with Crippen molar-refractivity contribution in [2.75, 3.05) is 13.1 Å². The molecule has 26 heavy (non-hydrogen) atoms. The molecule has 5 nitrogen and oxygen atoms in total. The molecule has 1 atom stereocenters. The molecule has 0 radical (unpaired) electrons. The Kier molecular flexibility index (Phi) is 4.67. The van der Waals surface area contributed by atoms with Crippen molar-refractivity contribution in [3.8, 4) is 0 Å². The first-order valence-electron chi connectivity index (χ1n) is 8.99. The highest BCUT2D eigenvalue weighted by molar-refractivity contribution is 7.11. The van der Waals surface area contributed by atoms with Crippen LogP contribution in [0.15, 0.2) is 24.3 Å². The zero-order valence-corrected chi connectivity index (χ0v) is 16.0. The maximum atomic E-state index is 12.0. The molecule has 2 heterocycles. The molecule has 1 fully saturated rings. The number of hydrogen-bond donors (Lipinski definition) is 2. The van der Waals surface area contributed by atoms with Crippen LogP contribution in [0.5, 0.6) is 0 Å². The summed E-state index contributed by atoms with van der Waals surface area (Å²) in [6.45, 7) is 1.08. The number of thiazole rings is 1. The first kappa shape index (κ1) is 17.8.